The van der Waals surface area contributed by atoms with Crippen molar-refractivity contribution in [1.29, 1.82) is 0 Å². The fraction of sp³-hybridized carbons (Fsp3) is 0.429. The normalized spacial score (nSPS) is 24.5. The molecule has 1 unspecified atom stereocenters. The minimum Gasteiger partial charge on any atom is -0.508 e. The van der Waals surface area contributed by atoms with Gasteiger partial charge in [-0.15, -0.1) is 6.42 Å². The average molecular weight is 633 g/mol. The average Bonchev–Trinajstić information content (AvgIpc) is 3.38. The molecule has 0 spiro atoms. The van der Waals surface area contributed by atoms with Crippen molar-refractivity contribution >= 4 is 27.5 Å². The van der Waals surface area contributed by atoms with Gasteiger partial charge in [0.1, 0.15) is 41.5 Å². The summed E-state index contributed by atoms with van der Waals surface area (Å²) in [7, 11) is 0. The van der Waals surface area contributed by atoms with Crippen molar-refractivity contribution in [1.82, 2.24) is 14.9 Å². The Morgan fingerprint density at radius 1 is 1.11 bits per heavy atom. The summed E-state index contributed by atoms with van der Waals surface area (Å²) < 4.78 is 75.4. The standard InChI is InChI=1S/C35H32F4N4O3/c1-2-23-26(37)8-5-19-13-22(44)14-25(27(19)23)28-30(38)24-7-6-21-17-45-12-4-11-43(21)33-29(24)32(31(28)39)40-34(41-33)46-18-35-9-3-10-42(35)16-20(36)15-35/h1,5,8,13-14,20-21,44H,3-4,6-7,9-12,15-18H2/t20-,21+,35?/m1/s1. The van der Waals surface area contributed by atoms with E-state index in [1.165, 1.54) is 18.2 Å². The lowest BCUT2D eigenvalue weighted by Crippen LogP contribution is -2.43. The lowest BCUT2D eigenvalue weighted by molar-refractivity contribution is 0.107. The molecule has 3 fully saturated rings. The van der Waals surface area contributed by atoms with E-state index in [4.69, 9.17) is 20.9 Å². The fourth-order valence-electron chi connectivity index (χ4n) is 8.15. The first kappa shape index (κ1) is 29.3. The number of nitrogens with zero attached hydrogens (tertiary/aromatic N) is 4. The number of alkyl halides is 1. The molecule has 0 radical (unpaired) electrons. The second kappa shape index (κ2) is 11.0. The van der Waals surface area contributed by atoms with Crippen molar-refractivity contribution in [3.63, 3.8) is 0 Å². The van der Waals surface area contributed by atoms with Crippen molar-refractivity contribution in [3.05, 3.63) is 52.8 Å². The minimum atomic E-state index is -1.00. The molecule has 1 aromatic heterocycles. The predicted octanol–water partition coefficient (Wildman–Crippen LogP) is 6.05. The van der Waals surface area contributed by atoms with E-state index in [1.54, 1.807) is 0 Å². The van der Waals surface area contributed by atoms with Crippen LogP contribution in [0.5, 0.6) is 11.8 Å². The summed E-state index contributed by atoms with van der Waals surface area (Å²) in [4.78, 5) is 13.4. The Morgan fingerprint density at radius 3 is 2.83 bits per heavy atom. The first-order valence-electron chi connectivity index (χ1n) is 15.8. The van der Waals surface area contributed by atoms with Gasteiger partial charge in [-0.1, -0.05) is 12.0 Å². The number of phenols is 1. The predicted molar refractivity (Wildman–Crippen MR) is 165 cm³/mol. The van der Waals surface area contributed by atoms with E-state index in [1.807, 2.05) is 4.90 Å². The summed E-state index contributed by atoms with van der Waals surface area (Å²) >= 11 is 0. The highest BCUT2D eigenvalue weighted by atomic mass is 19.1. The maximum atomic E-state index is 17.0. The van der Waals surface area contributed by atoms with Crippen LogP contribution in [0.25, 0.3) is 32.8 Å². The Labute approximate surface area is 263 Å². The molecule has 1 N–H and O–H groups in total. The Balaban J connectivity index is 1.36. The topological polar surface area (TPSA) is 71.0 Å². The van der Waals surface area contributed by atoms with Gasteiger partial charge in [0.2, 0.25) is 0 Å². The maximum absolute atomic E-state index is 17.0. The number of terminal acetylenes is 1. The quantitative estimate of drug-likeness (QED) is 0.217. The van der Waals surface area contributed by atoms with Gasteiger partial charge in [0.15, 0.2) is 5.82 Å². The van der Waals surface area contributed by atoms with Crippen molar-refractivity contribution in [3.8, 4) is 35.2 Å². The summed E-state index contributed by atoms with van der Waals surface area (Å²) in [6.07, 6.45) is 8.20. The number of hydrogen-bond donors (Lipinski definition) is 1. The number of anilines is 1. The number of rotatable bonds is 4. The molecule has 3 saturated heterocycles. The van der Waals surface area contributed by atoms with E-state index in [0.717, 1.165) is 25.5 Å². The van der Waals surface area contributed by atoms with Crippen LogP contribution in [0.1, 0.15) is 43.2 Å². The van der Waals surface area contributed by atoms with E-state index >= 15 is 8.78 Å². The molecule has 0 amide bonds. The largest absolute Gasteiger partial charge is 0.508 e. The number of benzene rings is 3. The van der Waals surface area contributed by atoms with Gasteiger partial charge in [0.25, 0.3) is 0 Å². The van der Waals surface area contributed by atoms with Crippen molar-refractivity contribution in [2.45, 2.75) is 56.3 Å². The fourth-order valence-corrected chi connectivity index (χ4v) is 8.15. The number of ether oxygens (including phenoxy) is 2. The molecule has 0 saturated carbocycles. The Hall–Kier alpha value is -4.14. The van der Waals surface area contributed by atoms with Crippen molar-refractivity contribution < 1.29 is 32.1 Å². The lowest BCUT2D eigenvalue weighted by atomic mass is 9.90. The number of aromatic hydroxyl groups is 1. The van der Waals surface area contributed by atoms with Crippen LogP contribution in [0.15, 0.2) is 24.3 Å². The van der Waals surface area contributed by atoms with Gasteiger partial charge >= 0.3 is 6.01 Å². The molecule has 3 atom stereocenters. The number of aromatic nitrogens is 2. The van der Waals surface area contributed by atoms with Crippen LogP contribution in [-0.2, 0) is 11.2 Å². The number of phenolic OH excluding ortho intramolecular Hbond substituents is 1. The number of halogens is 4. The van der Waals surface area contributed by atoms with Crippen LogP contribution in [0, 0.1) is 29.8 Å². The molecule has 0 bridgehead atoms. The highest BCUT2D eigenvalue weighted by Crippen LogP contribution is 2.46. The number of fused-ring (bicyclic) bond motifs is 4. The Bertz CT molecular complexity index is 1950. The highest BCUT2D eigenvalue weighted by molar-refractivity contribution is 6.05. The second-order valence-electron chi connectivity index (χ2n) is 12.9. The first-order chi connectivity index (χ1) is 22.3. The van der Waals surface area contributed by atoms with E-state index in [2.05, 4.69) is 15.8 Å². The van der Waals surface area contributed by atoms with Crippen LogP contribution >= 0.6 is 0 Å². The summed E-state index contributed by atoms with van der Waals surface area (Å²) in [6, 6.07) is 4.89. The second-order valence-corrected chi connectivity index (χ2v) is 12.9. The van der Waals surface area contributed by atoms with Gasteiger partial charge in [-0.25, -0.2) is 17.6 Å². The molecule has 4 aromatic rings. The molecule has 238 valence electrons. The van der Waals surface area contributed by atoms with Crippen LogP contribution in [0.2, 0.25) is 0 Å². The zero-order valence-electron chi connectivity index (χ0n) is 25.1. The highest BCUT2D eigenvalue weighted by Gasteiger charge is 2.49. The third-order valence-corrected chi connectivity index (χ3v) is 10.2. The van der Waals surface area contributed by atoms with Crippen LogP contribution in [0.3, 0.4) is 0 Å². The summed E-state index contributed by atoms with van der Waals surface area (Å²) in [5, 5.41) is 11.3. The molecule has 0 aliphatic carbocycles. The summed E-state index contributed by atoms with van der Waals surface area (Å²) in [6.45, 7) is 2.77. The Kier molecular flexibility index (Phi) is 6.99. The van der Waals surface area contributed by atoms with Gasteiger partial charge in [0.05, 0.1) is 34.7 Å². The zero-order valence-corrected chi connectivity index (χ0v) is 25.1. The summed E-state index contributed by atoms with van der Waals surface area (Å²) in [5.74, 6) is -0.155. The van der Waals surface area contributed by atoms with Gasteiger partial charge in [0, 0.05) is 42.6 Å². The van der Waals surface area contributed by atoms with Gasteiger partial charge < -0.3 is 19.5 Å². The van der Waals surface area contributed by atoms with Gasteiger partial charge in [-0.3, -0.25) is 4.90 Å². The van der Waals surface area contributed by atoms with E-state index in [-0.39, 0.29) is 63.8 Å². The zero-order chi connectivity index (χ0) is 31.7. The van der Waals surface area contributed by atoms with E-state index in [9.17, 15) is 13.9 Å². The first-order valence-corrected chi connectivity index (χ1v) is 15.8. The lowest BCUT2D eigenvalue weighted by Gasteiger charge is -2.31. The molecule has 7 nitrogen and oxygen atoms in total. The van der Waals surface area contributed by atoms with Crippen LogP contribution in [-0.4, -0.2) is 77.2 Å². The molecular weight excluding hydrogens is 600 g/mol. The van der Waals surface area contributed by atoms with Crippen LogP contribution < -0.4 is 9.64 Å². The molecule has 4 aliphatic rings. The third kappa shape index (κ3) is 4.48. The molecule has 8 rings (SSSR count). The smallest absolute Gasteiger partial charge is 0.319 e. The molecule has 46 heavy (non-hydrogen) atoms. The number of aryl methyl sites for hydroxylation is 1. The summed E-state index contributed by atoms with van der Waals surface area (Å²) in [5.41, 5.74) is -1.14. The van der Waals surface area contributed by atoms with Crippen LogP contribution in [0.4, 0.5) is 23.4 Å². The minimum absolute atomic E-state index is 0.0826. The van der Waals surface area contributed by atoms with Gasteiger partial charge in [-0.05, 0) is 62.2 Å². The van der Waals surface area contributed by atoms with Gasteiger partial charge in [-0.2, -0.15) is 9.97 Å². The maximum Gasteiger partial charge on any atom is 0.319 e. The SMILES string of the molecule is C#Cc1c(F)ccc2cc(O)cc(-c3c(F)c4c5c(nc(OCC67CCCN6C[C@H](F)C7)nc5c3F)N3CCCOC[C@@H]3CC4)c12. The Morgan fingerprint density at radius 2 is 1.98 bits per heavy atom. The van der Waals surface area contributed by atoms with E-state index in [0.29, 0.717) is 56.8 Å². The third-order valence-electron chi connectivity index (χ3n) is 10.2. The van der Waals surface area contributed by atoms with E-state index < -0.39 is 34.7 Å². The van der Waals surface area contributed by atoms with Crippen molar-refractivity contribution in [2.75, 3.05) is 44.4 Å². The monoisotopic (exact) mass is 632 g/mol. The molecule has 4 aliphatic heterocycles. The molecule has 5 heterocycles. The molecular formula is C35H32F4N4O3. The molecule has 11 heteroatoms. The number of hydrogen-bond acceptors (Lipinski definition) is 7. The molecule has 3 aromatic carbocycles. The van der Waals surface area contributed by atoms with Crippen molar-refractivity contribution in [2.24, 2.45) is 0 Å².